The van der Waals surface area contributed by atoms with Gasteiger partial charge in [-0.2, -0.15) is 9.78 Å². The summed E-state index contributed by atoms with van der Waals surface area (Å²) >= 11 is 0. The Hall–Kier alpha value is -5.06. The number of aromatic nitrogens is 2. The number of carbonyl (C=O) groups is 1. The number of non-ortho nitro benzene ring substituents is 1. The SMILES string of the molecule is CCOC(=O)COc1ccc([N+](=O)[O-])cc1C=Nn1c(-c2cc(C(C)C)c(OCC)cc2C)nc2ccccc2c1=O. The van der Waals surface area contributed by atoms with E-state index in [4.69, 9.17) is 19.2 Å². The Kier molecular flexibility index (Phi) is 9.31. The topological polar surface area (TPSA) is 135 Å². The second-order valence-corrected chi connectivity index (χ2v) is 9.68. The van der Waals surface area contributed by atoms with Crippen molar-refractivity contribution in [2.45, 2.75) is 40.5 Å². The van der Waals surface area contributed by atoms with Crippen LogP contribution < -0.4 is 15.0 Å². The quantitative estimate of drug-likeness (QED) is 0.0977. The molecule has 11 nitrogen and oxygen atoms in total. The number of ether oxygens (including phenoxy) is 3. The fourth-order valence-corrected chi connectivity index (χ4v) is 4.42. The molecule has 42 heavy (non-hydrogen) atoms. The molecule has 0 fully saturated rings. The minimum atomic E-state index is -0.595. The summed E-state index contributed by atoms with van der Waals surface area (Å²) in [5, 5.41) is 16.3. The summed E-state index contributed by atoms with van der Waals surface area (Å²) in [5.41, 5.74) is 2.49. The van der Waals surface area contributed by atoms with Crippen LogP contribution in [0, 0.1) is 17.0 Å². The zero-order valence-corrected chi connectivity index (χ0v) is 24.1. The number of para-hydroxylation sites is 1. The number of aryl methyl sites for hydroxylation is 1. The molecular weight excluding hydrogens is 540 g/mol. The van der Waals surface area contributed by atoms with Gasteiger partial charge in [-0.15, -0.1) is 0 Å². The summed E-state index contributed by atoms with van der Waals surface area (Å²) < 4.78 is 17.5. The molecule has 0 spiro atoms. The lowest BCUT2D eigenvalue weighted by molar-refractivity contribution is -0.384. The Morgan fingerprint density at radius 3 is 2.52 bits per heavy atom. The largest absolute Gasteiger partial charge is 0.494 e. The van der Waals surface area contributed by atoms with E-state index in [1.165, 1.54) is 29.1 Å². The van der Waals surface area contributed by atoms with Gasteiger partial charge in [0.2, 0.25) is 0 Å². The number of benzene rings is 3. The van der Waals surface area contributed by atoms with Crippen LogP contribution in [0.15, 0.2) is 64.5 Å². The van der Waals surface area contributed by atoms with E-state index in [0.717, 1.165) is 16.9 Å². The summed E-state index contributed by atoms with van der Waals surface area (Å²) in [6.07, 6.45) is 1.28. The van der Waals surface area contributed by atoms with Gasteiger partial charge in [-0.1, -0.05) is 26.0 Å². The predicted octanol–water partition coefficient (Wildman–Crippen LogP) is 5.63. The number of esters is 1. The van der Waals surface area contributed by atoms with E-state index in [1.54, 1.807) is 31.2 Å². The van der Waals surface area contributed by atoms with E-state index in [1.807, 2.05) is 26.0 Å². The molecule has 3 aromatic carbocycles. The molecule has 0 unspecified atom stereocenters. The van der Waals surface area contributed by atoms with Crippen molar-refractivity contribution in [1.29, 1.82) is 0 Å². The Bertz CT molecular complexity index is 1730. The average molecular weight is 573 g/mol. The zero-order valence-electron chi connectivity index (χ0n) is 24.1. The van der Waals surface area contributed by atoms with E-state index in [9.17, 15) is 19.7 Å². The number of carbonyl (C=O) groups excluding carboxylic acids is 1. The highest BCUT2D eigenvalue weighted by molar-refractivity contribution is 5.86. The van der Waals surface area contributed by atoms with Gasteiger partial charge in [0, 0.05) is 23.3 Å². The molecule has 0 radical (unpaired) electrons. The molecule has 11 heteroatoms. The molecule has 1 aromatic heterocycles. The number of nitro benzene ring substituents is 1. The van der Waals surface area contributed by atoms with Gasteiger partial charge in [-0.3, -0.25) is 14.9 Å². The molecule has 0 atom stereocenters. The average Bonchev–Trinajstić information content (AvgIpc) is 2.96. The summed E-state index contributed by atoms with van der Waals surface area (Å²) in [6, 6.07) is 14.7. The Morgan fingerprint density at radius 1 is 1.07 bits per heavy atom. The highest BCUT2D eigenvalue weighted by Gasteiger charge is 2.19. The molecule has 0 aliphatic carbocycles. The zero-order chi connectivity index (χ0) is 30.4. The first-order valence-corrected chi connectivity index (χ1v) is 13.5. The van der Waals surface area contributed by atoms with Crippen LogP contribution in [0.25, 0.3) is 22.3 Å². The number of nitro groups is 1. The van der Waals surface area contributed by atoms with Crippen LogP contribution in [0.2, 0.25) is 0 Å². The number of hydrogen-bond acceptors (Lipinski definition) is 9. The van der Waals surface area contributed by atoms with Crippen LogP contribution in [0.3, 0.4) is 0 Å². The van der Waals surface area contributed by atoms with Gasteiger partial charge in [0.25, 0.3) is 11.2 Å². The molecule has 0 saturated carbocycles. The Balaban J connectivity index is 1.91. The fourth-order valence-electron chi connectivity index (χ4n) is 4.42. The lowest BCUT2D eigenvalue weighted by atomic mass is 9.96. The van der Waals surface area contributed by atoms with Gasteiger partial charge in [0.05, 0.1) is 35.3 Å². The molecule has 0 amide bonds. The number of hydrogen-bond donors (Lipinski definition) is 0. The highest BCUT2D eigenvalue weighted by atomic mass is 16.6. The third-order valence-corrected chi connectivity index (χ3v) is 6.44. The van der Waals surface area contributed by atoms with Gasteiger partial charge >= 0.3 is 5.97 Å². The van der Waals surface area contributed by atoms with Crippen molar-refractivity contribution in [2.75, 3.05) is 19.8 Å². The van der Waals surface area contributed by atoms with Gasteiger partial charge < -0.3 is 14.2 Å². The van der Waals surface area contributed by atoms with E-state index < -0.39 is 23.1 Å². The maximum Gasteiger partial charge on any atom is 0.344 e. The van der Waals surface area contributed by atoms with Crippen LogP contribution >= 0.6 is 0 Å². The molecule has 218 valence electrons. The predicted molar refractivity (Wildman–Crippen MR) is 160 cm³/mol. The minimum Gasteiger partial charge on any atom is -0.494 e. The van der Waals surface area contributed by atoms with Crippen molar-refractivity contribution in [3.8, 4) is 22.9 Å². The molecule has 0 aliphatic rings. The third-order valence-electron chi connectivity index (χ3n) is 6.44. The highest BCUT2D eigenvalue weighted by Crippen LogP contribution is 2.34. The van der Waals surface area contributed by atoms with E-state index in [2.05, 4.69) is 18.9 Å². The van der Waals surface area contributed by atoms with Crippen molar-refractivity contribution in [1.82, 2.24) is 9.66 Å². The molecule has 4 aromatic rings. The molecule has 0 saturated heterocycles. The minimum absolute atomic E-state index is 0.124. The molecule has 1 heterocycles. The molecule has 0 aliphatic heterocycles. The Morgan fingerprint density at radius 2 is 1.83 bits per heavy atom. The lowest BCUT2D eigenvalue weighted by Gasteiger charge is -2.18. The van der Waals surface area contributed by atoms with E-state index in [0.29, 0.717) is 23.1 Å². The number of nitrogens with zero attached hydrogens (tertiary/aromatic N) is 4. The number of fused-ring (bicyclic) bond motifs is 1. The monoisotopic (exact) mass is 572 g/mol. The number of rotatable bonds is 11. The van der Waals surface area contributed by atoms with Crippen LogP contribution in [0.4, 0.5) is 5.69 Å². The molecular formula is C31H32N4O7. The molecule has 0 N–H and O–H groups in total. The normalized spacial score (nSPS) is 11.3. The van der Waals surface area contributed by atoms with Gasteiger partial charge in [0.15, 0.2) is 12.4 Å². The van der Waals surface area contributed by atoms with Gasteiger partial charge in [0.1, 0.15) is 11.5 Å². The first-order chi connectivity index (χ1) is 20.1. The van der Waals surface area contributed by atoms with Crippen molar-refractivity contribution < 1.29 is 23.9 Å². The second-order valence-electron chi connectivity index (χ2n) is 9.68. The Labute approximate surface area is 242 Å². The van der Waals surface area contributed by atoms with Crippen molar-refractivity contribution >= 4 is 28.8 Å². The van der Waals surface area contributed by atoms with Crippen molar-refractivity contribution in [3.63, 3.8) is 0 Å². The first kappa shape index (κ1) is 29.9. The first-order valence-electron chi connectivity index (χ1n) is 13.5. The van der Waals surface area contributed by atoms with Crippen molar-refractivity contribution in [3.05, 3.63) is 91.8 Å². The second kappa shape index (κ2) is 13.1. The van der Waals surface area contributed by atoms with E-state index >= 15 is 0 Å². The maximum absolute atomic E-state index is 13.8. The summed E-state index contributed by atoms with van der Waals surface area (Å²) in [7, 11) is 0. The smallest absolute Gasteiger partial charge is 0.344 e. The van der Waals surface area contributed by atoms with Crippen LogP contribution in [-0.2, 0) is 9.53 Å². The molecule has 0 bridgehead atoms. The summed E-state index contributed by atoms with van der Waals surface area (Å²) in [5.74, 6) is 0.728. The summed E-state index contributed by atoms with van der Waals surface area (Å²) in [6.45, 7) is 9.88. The van der Waals surface area contributed by atoms with Crippen LogP contribution in [0.5, 0.6) is 11.5 Å². The van der Waals surface area contributed by atoms with Crippen LogP contribution in [-0.4, -0.2) is 46.6 Å². The van der Waals surface area contributed by atoms with Gasteiger partial charge in [-0.05, 0) is 68.1 Å². The molecule has 4 rings (SSSR count). The summed E-state index contributed by atoms with van der Waals surface area (Å²) in [4.78, 5) is 41.4. The van der Waals surface area contributed by atoms with Crippen molar-refractivity contribution in [2.24, 2.45) is 5.10 Å². The van der Waals surface area contributed by atoms with Crippen LogP contribution in [0.1, 0.15) is 50.3 Å². The van der Waals surface area contributed by atoms with E-state index in [-0.39, 0.29) is 35.3 Å². The third kappa shape index (κ3) is 6.46. The fraction of sp³-hybridized carbons (Fsp3) is 0.290. The standard InChI is InChI=1S/C31H32N4O7/c1-6-40-28-14-20(5)25(16-24(28)19(3)4)30-33-26-11-9-8-10-23(26)31(37)34(30)32-17-21-15-22(35(38)39)12-13-27(21)42-18-29(36)41-7-2/h8-17,19H,6-7,18H2,1-5H3. The lowest BCUT2D eigenvalue weighted by Crippen LogP contribution is -2.21. The van der Waals surface area contributed by atoms with Gasteiger partial charge in [-0.25, -0.2) is 9.78 Å². The maximum atomic E-state index is 13.8.